The predicted molar refractivity (Wildman–Crippen MR) is 244 cm³/mol. The number of anilines is 3. The van der Waals surface area contributed by atoms with Gasteiger partial charge in [0.2, 0.25) is 0 Å². The van der Waals surface area contributed by atoms with Gasteiger partial charge in [-0.3, -0.25) is 0 Å². The lowest BCUT2D eigenvalue weighted by Crippen LogP contribution is -2.61. The van der Waals surface area contributed by atoms with Crippen LogP contribution >= 0.6 is 0 Å². The van der Waals surface area contributed by atoms with Gasteiger partial charge in [-0.05, 0) is 103 Å². The van der Waals surface area contributed by atoms with E-state index in [-0.39, 0.29) is 28.4 Å². The highest BCUT2D eigenvalue weighted by Gasteiger charge is 2.48. The van der Waals surface area contributed by atoms with Crippen molar-refractivity contribution < 1.29 is 4.42 Å². The monoisotopic (exact) mass is 742 g/mol. The van der Waals surface area contributed by atoms with Crippen LogP contribution in [-0.2, 0) is 21.7 Å². The Morgan fingerprint density at radius 3 is 1.95 bits per heavy atom. The topological polar surface area (TPSA) is 21.3 Å². The van der Waals surface area contributed by atoms with E-state index in [0.29, 0.717) is 0 Å². The minimum atomic E-state index is -0.155. The van der Waals surface area contributed by atoms with Crippen molar-refractivity contribution in [2.24, 2.45) is 0 Å². The van der Waals surface area contributed by atoms with Crippen LogP contribution in [-0.4, -0.2) is 11.3 Å². The van der Waals surface area contributed by atoms with E-state index in [9.17, 15) is 0 Å². The molecule has 0 unspecified atom stereocenters. The molecule has 3 aliphatic rings. The number of aromatic nitrogens is 1. The van der Waals surface area contributed by atoms with Crippen molar-refractivity contribution in [3.63, 3.8) is 0 Å². The zero-order chi connectivity index (χ0) is 39.7. The molecule has 0 spiro atoms. The number of hydrogen-bond donors (Lipinski definition) is 0. The Bertz CT molecular complexity index is 3060. The Morgan fingerprint density at radius 2 is 1.19 bits per heavy atom. The summed E-state index contributed by atoms with van der Waals surface area (Å²) in [6.07, 6.45) is 0. The summed E-state index contributed by atoms with van der Waals surface area (Å²) in [5.41, 5.74) is 21.6. The molecule has 0 fully saturated rings. The summed E-state index contributed by atoms with van der Waals surface area (Å²) in [6, 6.07) is 41.8. The van der Waals surface area contributed by atoms with E-state index in [4.69, 9.17) is 4.42 Å². The summed E-state index contributed by atoms with van der Waals surface area (Å²) in [5, 5.41) is 3.69. The van der Waals surface area contributed by atoms with Crippen molar-refractivity contribution in [1.82, 2.24) is 4.57 Å². The van der Waals surface area contributed by atoms with E-state index in [1.165, 1.54) is 83.4 Å². The van der Waals surface area contributed by atoms with Gasteiger partial charge in [-0.1, -0.05) is 143 Å². The average molecular weight is 743 g/mol. The third-order valence-electron chi connectivity index (χ3n) is 13.6. The standard InChI is InChI=1S/C53H51BN2O/c1-50(2,3)30-23-24-37-40(27-30)55(39-20-16-22-44-45(39)34-18-13-15-21-43(34)57-44)41-28-32(52(7,8)9)29-42-47(41)54(37)38-26-31(51(4,5)6)25-35-46-49(56(42)48(35)38)33-17-12-14-19-36(33)53(46,10)11/h12-29H,1-11H3. The van der Waals surface area contributed by atoms with E-state index in [0.717, 1.165) is 27.6 Å². The number of para-hydroxylation sites is 1. The summed E-state index contributed by atoms with van der Waals surface area (Å²) in [7, 11) is 0. The molecule has 0 bridgehead atoms. The number of rotatable bonds is 1. The summed E-state index contributed by atoms with van der Waals surface area (Å²) in [5.74, 6) is 0. The van der Waals surface area contributed by atoms with Crippen LogP contribution in [0.15, 0.2) is 114 Å². The highest BCUT2D eigenvalue weighted by atomic mass is 16.3. The fourth-order valence-electron chi connectivity index (χ4n) is 10.6. The van der Waals surface area contributed by atoms with Crippen molar-refractivity contribution in [3.8, 4) is 16.9 Å². The minimum Gasteiger partial charge on any atom is -0.456 e. The maximum absolute atomic E-state index is 6.58. The van der Waals surface area contributed by atoms with Gasteiger partial charge in [-0.25, -0.2) is 0 Å². The highest BCUT2D eigenvalue weighted by molar-refractivity contribution is 7.00. The molecule has 0 amide bonds. The second-order valence-electron chi connectivity index (χ2n) is 20.7. The maximum atomic E-state index is 6.58. The lowest BCUT2D eigenvalue weighted by molar-refractivity contribution is 0.589. The zero-order valence-corrected chi connectivity index (χ0v) is 35.3. The van der Waals surface area contributed by atoms with Gasteiger partial charge in [0.25, 0.3) is 6.71 Å². The van der Waals surface area contributed by atoms with Crippen LogP contribution in [0.1, 0.15) is 104 Å². The predicted octanol–water partition coefficient (Wildman–Crippen LogP) is 12.3. The van der Waals surface area contributed by atoms with Crippen LogP contribution in [0.3, 0.4) is 0 Å². The van der Waals surface area contributed by atoms with Gasteiger partial charge in [0.1, 0.15) is 11.2 Å². The lowest BCUT2D eigenvalue weighted by Gasteiger charge is -2.42. The molecule has 6 aromatic carbocycles. The van der Waals surface area contributed by atoms with Crippen molar-refractivity contribution in [2.45, 2.75) is 97.8 Å². The molecular formula is C53H51BN2O. The van der Waals surface area contributed by atoms with Gasteiger partial charge in [0.05, 0.1) is 16.8 Å². The molecule has 1 aliphatic carbocycles. The Morgan fingerprint density at radius 1 is 0.544 bits per heavy atom. The third-order valence-corrected chi connectivity index (χ3v) is 13.6. The molecule has 8 aromatic rings. The van der Waals surface area contributed by atoms with E-state index < -0.39 is 0 Å². The molecule has 0 saturated heterocycles. The van der Waals surface area contributed by atoms with Crippen LogP contribution in [0.4, 0.5) is 17.1 Å². The molecule has 0 saturated carbocycles. The molecule has 57 heavy (non-hydrogen) atoms. The minimum absolute atomic E-state index is 0.0335. The Labute approximate surface area is 337 Å². The second-order valence-corrected chi connectivity index (χ2v) is 20.7. The molecule has 0 radical (unpaired) electrons. The molecule has 282 valence electrons. The first-order valence-electron chi connectivity index (χ1n) is 20.8. The molecule has 3 nitrogen and oxygen atoms in total. The first-order chi connectivity index (χ1) is 26.9. The number of hydrogen-bond acceptors (Lipinski definition) is 2. The van der Waals surface area contributed by atoms with Gasteiger partial charge in [-0.2, -0.15) is 0 Å². The highest BCUT2D eigenvalue weighted by Crippen LogP contribution is 2.55. The van der Waals surface area contributed by atoms with Gasteiger partial charge >= 0.3 is 0 Å². The van der Waals surface area contributed by atoms with Crippen LogP contribution in [0.25, 0.3) is 49.8 Å². The number of furan rings is 1. The molecule has 2 aliphatic heterocycles. The second kappa shape index (κ2) is 10.9. The van der Waals surface area contributed by atoms with Crippen molar-refractivity contribution >= 4 is 73.0 Å². The Hall–Kier alpha value is -5.48. The summed E-state index contributed by atoms with van der Waals surface area (Å²) in [4.78, 5) is 2.61. The van der Waals surface area contributed by atoms with Gasteiger partial charge in [-0.15, -0.1) is 0 Å². The third kappa shape index (κ3) is 4.56. The van der Waals surface area contributed by atoms with Crippen LogP contribution in [0.2, 0.25) is 0 Å². The summed E-state index contributed by atoms with van der Waals surface area (Å²) < 4.78 is 9.28. The normalized spacial score (nSPS) is 15.4. The average Bonchev–Trinajstić information content (AvgIpc) is 3.79. The van der Waals surface area contributed by atoms with Gasteiger partial charge in [0.15, 0.2) is 0 Å². The van der Waals surface area contributed by atoms with Gasteiger partial charge in [0, 0.05) is 44.3 Å². The first-order valence-corrected chi connectivity index (χ1v) is 20.8. The fraction of sp³-hybridized carbons (Fsp3) is 0.283. The van der Waals surface area contributed by atoms with Crippen molar-refractivity contribution in [1.29, 1.82) is 0 Å². The van der Waals surface area contributed by atoms with E-state index in [1.807, 2.05) is 0 Å². The number of fused-ring (bicyclic) bond motifs is 12. The quantitative estimate of drug-likeness (QED) is 0.156. The van der Waals surface area contributed by atoms with Crippen molar-refractivity contribution in [2.75, 3.05) is 4.90 Å². The largest absolute Gasteiger partial charge is 0.456 e. The molecule has 4 heterocycles. The SMILES string of the molecule is CC(C)(C)c1ccc2c(c1)N(c1cccc3oc4ccccc4c13)c1cc(C(C)(C)C)cc3c1B2c1cc(C(C)(C)C)cc2c4c(n-3c12)-c1ccccc1C4(C)C. The first kappa shape index (κ1) is 34.7. The summed E-state index contributed by atoms with van der Waals surface area (Å²) in [6.45, 7) is 26.1. The summed E-state index contributed by atoms with van der Waals surface area (Å²) >= 11 is 0. The van der Waals surface area contributed by atoms with Crippen LogP contribution in [0.5, 0.6) is 0 Å². The zero-order valence-electron chi connectivity index (χ0n) is 35.3. The van der Waals surface area contributed by atoms with Crippen LogP contribution in [0, 0.1) is 0 Å². The van der Waals surface area contributed by atoms with Crippen LogP contribution < -0.4 is 21.3 Å². The molecular weight excluding hydrogens is 691 g/mol. The Kier molecular flexibility index (Phi) is 6.66. The van der Waals surface area contributed by atoms with E-state index >= 15 is 0 Å². The number of nitrogens with zero attached hydrogens (tertiary/aromatic N) is 2. The van der Waals surface area contributed by atoms with Crippen molar-refractivity contribution in [3.05, 3.63) is 137 Å². The molecule has 11 rings (SSSR count). The molecule has 0 atom stereocenters. The van der Waals surface area contributed by atoms with Gasteiger partial charge < -0.3 is 13.9 Å². The number of benzene rings is 6. The fourth-order valence-corrected chi connectivity index (χ4v) is 10.6. The molecule has 0 N–H and O–H groups in total. The Balaban J connectivity index is 1.36. The maximum Gasteiger partial charge on any atom is 0.252 e. The molecule has 4 heteroatoms. The van der Waals surface area contributed by atoms with E-state index in [1.54, 1.807) is 0 Å². The molecule has 2 aromatic heterocycles. The smallest absolute Gasteiger partial charge is 0.252 e. The lowest BCUT2D eigenvalue weighted by atomic mass is 9.33. The van der Waals surface area contributed by atoms with E-state index in [2.05, 4.69) is 195 Å².